The minimum Gasteiger partial charge on any atom is -0.330 e. The van der Waals surface area contributed by atoms with Crippen LogP contribution in [0.1, 0.15) is 17.5 Å². The van der Waals surface area contributed by atoms with Gasteiger partial charge in [-0.05, 0) is 50.1 Å². The summed E-state index contributed by atoms with van der Waals surface area (Å²) in [6.45, 7) is 4.34. The topological polar surface area (TPSA) is 92.5 Å². The maximum absolute atomic E-state index is 11.8. The minimum atomic E-state index is -0.883. The van der Waals surface area contributed by atoms with E-state index in [4.69, 9.17) is 5.73 Å². The van der Waals surface area contributed by atoms with Crippen molar-refractivity contribution in [3.8, 4) is 0 Å². The predicted octanol–water partition coefficient (Wildman–Crippen LogP) is 0.576. The van der Waals surface area contributed by atoms with Gasteiger partial charge in [-0.15, -0.1) is 0 Å². The standard InChI is InChI=1S/C14H19N3O3/c1-10-4-5-12(8-11(10)2)16-13(19)14(20)17(9-18)7-3-6-15/h4-5,8-9H,3,6-7,15H2,1-2H3,(H,16,19). The lowest BCUT2D eigenvalue weighted by molar-refractivity contribution is -0.146. The first-order chi connectivity index (χ1) is 9.49. The molecule has 0 radical (unpaired) electrons. The normalized spacial score (nSPS) is 9.95. The van der Waals surface area contributed by atoms with E-state index >= 15 is 0 Å². The molecule has 108 valence electrons. The summed E-state index contributed by atoms with van der Waals surface area (Å²) < 4.78 is 0. The van der Waals surface area contributed by atoms with E-state index in [9.17, 15) is 14.4 Å². The maximum atomic E-state index is 11.8. The number of rotatable bonds is 5. The molecule has 1 rings (SSSR count). The van der Waals surface area contributed by atoms with Gasteiger partial charge in [0.1, 0.15) is 0 Å². The van der Waals surface area contributed by atoms with Gasteiger partial charge in [0.2, 0.25) is 6.41 Å². The molecule has 0 aromatic heterocycles. The van der Waals surface area contributed by atoms with Crippen LogP contribution in [0.2, 0.25) is 0 Å². The van der Waals surface area contributed by atoms with E-state index in [0.29, 0.717) is 25.1 Å². The first-order valence-corrected chi connectivity index (χ1v) is 6.34. The summed E-state index contributed by atoms with van der Waals surface area (Å²) >= 11 is 0. The fourth-order valence-corrected chi connectivity index (χ4v) is 1.60. The Bertz CT molecular complexity index is 514. The third-order valence-corrected chi connectivity index (χ3v) is 2.95. The third-order valence-electron chi connectivity index (χ3n) is 2.95. The molecule has 3 amide bonds. The Morgan fingerprint density at radius 3 is 2.55 bits per heavy atom. The number of carbonyl (C=O) groups excluding carboxylic acids is 3. The second-order valence-electron chi connectivity index (χ2n) is 4.50. The van der Waals surface area contributed by atoms with Gasteiger partial charge in [-0.25, -0.2) is 0 Å². The molecule has 6 heteroatoms. The lowest BCUT2D eigenvalue weighted by Crippen LogP contribution is -2.39. The quantitative estimate of drug-likeness (QED) is 0.608. The highest BCUT2D eigenvalue weighted by atomic mass is 16.2. The number of imide groups is 1. The number of nitrogens with two attached hydrogens (primary N) is 1. The lowest BCUT2D eigenvalue weighted by Gasteiger charge is -2.14. The van der Waals surface area contributed by atoms with Crippen molar-refractivity contribution in [3.63, 3.8) is 0 Å². The predicted molar refractivity (Wildman–Crippen MR) is 76.0 cm³/mol. The van der Waals surface area contributed by atoms with Crippen molar-refractivity contribution in [2.45, 2.75) is 20.3 Å². The van der Waals surface area contributed by atoms with E-state index < -0.39 is 11.8 Å². The number of hydrogen-bond acceptors (Lipinski definition) is 4. The van der Waals surface area contributed by atoms with Crippen LogP contribution in [0.5, 0.6) is 0 Å². The van der Waals surface area contributed by atoms with Crippen molar-refractivity contribution in [1.82, 2.24) is 4.90 Å². The molecule has 0 aliphatic rings. The highest BCUT2D eigenvalue weighted by molar-refractivity contribution is 6.41. The molecule has 3 N–H and O–H groups in total. The van der Waals surface area contributed by atoms with Gasteiger partial charge in [-0.1, -0.05) is 6.07 Å². The van der Waals surface area contributed by atoms with Gasteiger partial charge in [-0.2, -0.15) is 0 Å². The van der Waals surface area contributed by atoms with Gasteiger partial charge >= 0.3 is 11.8 Å². The number of benzene rings is 1. The number of aryl methyl sites for hydroxylation is 2. The van der Waals surface area contributed by atoms with Crippen molar-refractivity contribution in [1.29, 1.82) is 0 Å². The summed E-state index contributed by atoms with van der Waals surface area (Å²) in [7, 11) is 0. The SMILES string of the molecule is Cc1ccc(NC(=O)C(=O)N(C=O)CCCN)cc1C. The molecular formula is C14H19N3O3. The first-order valence-electron chi connectivity index (χ1n) is 6.34. The molecule has 0 bridgehead atoms. The van der Waals surface area contributed by atoms with Crippen LogP contribution in [0.4, 0.5) is 5.69 Å². The molecule has 20 heavy (non-hydrogen) atoms. The Kier molecular flexibility index (Phi) is 5.86. The zero-order valence-corrected chi connectivity index (χ0v) is 11.7. The zero-order chi connectivity index (χ0) is 15.1. The molecule has 0 unspecified atom stereocenters. The highest BCUT2D eigenvalue weighted by Crippen LogP contribution is 2.14. The summed E-state index contributed by atoms with van der Waals surface area (Å²) in [5, 5.41) is 2.48. The lowest BCUT2D eigenvalue weighted by atomic mass is 10.1. The Morgan fingerprint density at radius 1 is 1.30 bits per heavy atom. The molecule has 0 saturated heterocycles. The van der Waals surface area contributed by atoms with Gasteiger partial charge in [0, 0.05) is 12.2 Å². The second-order valence-corrected chi connectivity index (χ2v) is 4.50. The van der Waals surface area contributed by atoms with Crippen LogP contribution in [0.15, 0.2) is 18.2 Å². The molecule has 0 spiro atoms. The van der Waals surface area contributed by atoms with Crippen molar-refractivity contribution in [2.75, 3.05) is 18.4 Å². The average molecular weight is 277 g/mol. The van der Waals surface area contributed by atoms with Gasteiger partial charge < -0.3 is 11.1 Å². The van der Waals surface area contributed by atoms with E-state index in [0.717, 1.165) is 16.0 Å². The molecule has 0 aliphatic heterocycles. The van der Waals surface area contributed by atoms with Crippen LogP contribution in [-0.4, -0.2) is 36.2 Å². The number of carbonyl (C=O) groups is 3. The fraction of sp³-hybridized carbons (Fsp3) is 0.357. The van der Waals surface area contributed by atoms with E-state index in [-0.39, 0.29) is 6.54 Å². The Hall–Kier alpha value is -2.21. The summed E-state index contributed by atoms with van der Waals surface area (Å²) in [4.78, 5) is 35.2. The van der Waals surface area contributed by atoms with Crippen LogP contribution < -0.4 is 11.1 Å². The molecule has 0 heterocycles. The second kappa shape index (κ2) is 7.40. The molecule has 0 saturated carbocycles. The summed E-state index contributed by atoms with van der Waals surface area (Å²) in [5.41, 5.74) is 7.93. The monoisotopic (exact) mass is 277 g/mol. The number of nitrogens with one attached hydrogen (secondary N) is 1. The molecular weight excluding hydrogens is 258 g/mol. The number of amides is 3. The van der Waals surface area contributed by atoms with E-state index in [2.05, 4.69) is 5.32 Å². The van der Waals surface area contributed by atoms with Crippen LogP contribution in [0.25, 0.3) is 0 Å². The Morgan fingerprint density at radius 2 is 2.00 bits per heavy atom. The third kappa shape index (κ3) is 4.17. The Labute approximate surface area is 117 Å². The Balaban J connectivity index is 2.71. The van der Waals surface area contributed by atoms with Gasteiger partial charge in [0.25, 0.3) is 0 Å². The van der Waals surface area contributed by atoms with Crippen molar-refractivity contribution in [3.05, 3.63) is 29.3 Å². The number of nitrogens with zero attached hydrogens (tertiary/aromatic N) is 1. The smallest absolute Gasteiger partial charge is 0.318 e. The summed E-state index contributed by atoms with van der Waals surface area (Å²) in [5.74, 6) is -1.72. The van der Waals surface area contributed by atoms with Crippen LogP contribution in [0.3, 0.4) is 0 Å². The minimum absolute atomic E-state index is 0.138. The summed E-state index contributed by atoms with van der Waals surface area (Å²) in [6, 6.07) is 5.33. The number of anilines is 1. The maximum Gasteiger partial charge on any atom is 0.318 e. The highest BCUT2D eigenvalue weighted by Gasteiger charge is 2.21. The molecule has 0 fully saturated rings. The van der Waals surface area contributed by atoms with Gasteiger partial charge in [-0.3, -0.25) is 19.3 Å². The van der Waals surface area contributed by atoms with Crippen LogP contribution >= 0.6 is 0 Å². The van der Waals surface area contributed by atoms with Crippen molar-refractivity contribution < 1.29 is 14.4 Å². The number of hydrogen-bond donors (Lipinski definition) is 2. The van der Waals surface area contributed by atoms with Gasteiger partial charge in [0.15, 0.2) is 0 Å². The van der Waals surface area contributed by atoms with Crippen molar-refractivity contribution >= 4 is 23.9 Å². The molecule has 1 aromatic rings. The largest absolute Gasteiger partial charge is 0.330 e. The molecule has 0 aliphatic carbocycles. The van der Waals surface area contributed by atoms with Crippen molar-refractivity contribution in [2.24, 2.45) is 5.73 Å². The molecule has 0 atom stereocenters. The van der Waals surface area contributed by atoms with Crippen LogP contribution in [-0.2, 0) is 14.4 Å². The molecule has 1 aromatic carbocycles. The van der Waals surface area contributed by atoms with E-state index in [1.165, 1.54) is 0 Å². The molecule has 6 nitrogen and oxygen atoms in total. The fourth-order valence-electron chi connectivity index (χ4n) is 1.60. The van der Waals surface area contributed by atoms with Gasteiger partial charge in [0.05, 0.1) is 0 Å². The van der Waals surface area contributed by atoms with Crippen LogP contribution in [0, 0.1) is 13.8 Å². The van der Waals surface area contributed by atoms with E-state index in [1.54, 1.807) is 12.1 Å². The first kappa shape index (κ1) is 15.8. The zero-order valence-electron chi connectivity index (χ0n) is 11.7. The average Bonchev–Trinajstić information content (AvgIpc) is 2.43. The van der Waals surface area contributed by atoms with E-state index in [1.807, 2.05) is 19.9 Å². The summed E-state index contributed by atoms with van der Waals surface area (Å²) in [6.07, 6.45) is 0.805.